The Morgan fingerprint density at radius 1 is 0.818 bits per heavy atom. The molecule has 2 saturated heterocycles. The fourth-order valence-electron chi connectivity index (χ4n) is 6.51. The minimum absolute atomic E-state index is 0.0544. The number of morpholine rings is 2. The monoisotopic (exact) mass is 462 g/mol. The van der Waals surface area contributed by atoms with Crippen molar-refractivity contribution in [2.24, 2.45) is 21.7 Å². The number of nitrogens with zero attached hydrogens (tertiary/aromatic N) is 2. The molecule has 1 atom stereocenters. The molecule has 188 valence electrons. The molecule has 0 N–H and O–H groups in total. The Morgan fingerprint density at radius 3 is 1.94 bits per heavy atom. The maximum absolute atomic E-state index is 13.9. The van der Waals surface area contributed by atoms with Crippen LogP contribution in [0.5, 0.6) is 0 Å². The average molecular weight is 463 g/mol. The van der Waals surface area contributed by atoms with Gasteiger partial charge in [0.15, 0.2) is 0 Å². The third-order valence-corrected chi connectivity index (χ3v) is 8.54. The summed E-state index contributed by atoms with van der Waals surface area (Å²) in [5.74, 6) is 0.832. The predicted octanol–water partition coefficient (Wildman–Crippen LogP) is 3.57. The number of hydrogen-bond donors (Lipinski definition) is 0. The SMILES string of the molecule is CC(C)(C)C(=O)C1(CN2CCOC(CC(C)(C)C(=O)C3(CN4CCOCC4)CCC3)C2)CC1. The molecule has 1 unspecified atom stereocenters. The van der Waals surface area contributed by atoms with Crippen LogP contribution in [0.2, 0.25) is 0 Å². The van der Waals surface area contributed by atoms with Gasteiger partial charge in [0, 0.05) is 60.9 Å². The molecule has 0 radical (unpaired) electrons. The van der Waals surface area contributed by atoms with Gasteiger partial charge in [0.1, 0.15) is 11.6 Å². The zero-order valence-corrected chi connectivity index (χ0v) is 21.7. The first-order valence-electron chi connectivity index (χ1n) is 13.2. The van der Waals surface area contributed by atoms with Crippen molar-refractivity contribution in [3.8, 4) is 0 Å². The van der Waals surface area contributed by atoms with E-state index in [0.717, 1.165) is 91.0 Å². The molecule has 4 rings (SSSR count). The van der Waals surface area contributed by atoms with Crippen molar-refractivity contribution < 1.29 is 19.1 Å². The second kappa shape index (κ2) is 9.33. The summed E-state index contributed by atoms with van der Waals surface area (Å²) >= 11 is 0. The Morgan fingerprint density at radius 2 is 1.39 bits per heavy atom. The van der Waals surface area contributed by atoms with E-state index in [0.29, 0.717) is 18.2 Å². The lowest BCUT2D eigenvalue weighted by Gasteiger charge is -2.48. The molecule has 0 amide bonds. The lowest BCUT2D eigenvalue weighted by atomic mass is 9.59. The van der Waals surface area contributed by atoms with Crippen molar-refractivity contribution in [1.29, 1.82) is 0 Å². The molecule has 0 aromatic rings. The second-order valence-corrected chi connectivity index (χ2v) is 13.0. The summed E-state index contributed by atoms with van der Waals surface area (Å²) in [5.41, 5.74) is -1.03. The van der Waals surface area contributed by atoms with Crippen LogP contribution in [0.25, 0.3) is 0 Å². The van der Waals surface area contributed by atoms with Crippen LogP contribution in [0.1, 0.15) is 73.1 Å². The van der Waals surface area contributed by atoms with E-state index in [4.69, 9.17) is 9.47 Å². The molecule has 0 spiro atoms. The summed E-state index contributed by atoms with van der Waals surface area (Å²) in [7, 11) is 0. The molecule has 0 aromatic carbocycles. The highest BCUT2D eigenvalue weighted by Crippen LogP contribution is 2.51. The molecule has 6 nitrogen and oxygen atoms in total. The van der Waals surface area contributed by atoms with Crippen molar-refractivity contribution in [2.45, 2.75) is 79.2 Å². The average Bonchev–Trinajstić information content (AvgIpc) is 3.50. The number of carbonyl (C=O) groups excluding carboxylic acids is 2. The van der Waals surface area contributed by atoms with Gasteiger partial charge in [0.2, 0.25) is 0 Å². The summed E-state index contributed by atoms with van der Waals surface area (Å²) < 4.78 is 11.7. The van der Waals surface area contributed by atoms with Crippen molar-refractivity contribution >= 4 is 11.6 Å². The van der Waals surface area contributed by atoms with Crippen molar-refractivity contribution in [3.63, 3.8) is 0 Å². The van der Waals surface area contributed by atoms with Crippen LogP contribution < -0.4 is 0 Å². The first-order valence-corrected chi connectivity index (χ1v) is 13.2. The maximum atomic E-state index is 13.9. The zero-order chi connectivity index (χ0) is 23.9. The summed E-state index contributed by atoms with van der Waals surface area (Å²) in [4.78, 5) is 31.7. The van der Waals surface area contributed by atoms with Gasteiger partial charge in [0.25, 0.3) is 0 Å². The Bertz CT molecular complexity index is 727. The van der Waals surface area contributed by atoms with Gasteiger partial charge in [-0.3, -0.25) is 19.4 Å². The summed E-state index contributed by atoms with van der Waals surface area (Å²) in [5, 5.41) is 0. The van der Waals surface area contributed by atoms with Gasteiger partial charge < -0.3 is 9.47 Å². The molecular weight excluding hydrogens is 416 g/mol. The lowest BCUT2D eigenvalue weighted by Crippen LogP contribution is -2.55. The van der Waals surface area contributed by atoms with Gasteiger partial charge in [-0.25, -0.2) is 0 Å². The molecule has 0 aromatic heterocycles. The van der Waals surface area contributed by atoms with Crippen molar-refractivity contribution in [3.05, 3.63) is 0 Å². The number of ether oxygens (including phenoxy) is 2. The quantitative estimate of drug-likeness (QED) is 0.522. The summed E-state index contributed by atoms with van der Waals surface area (Å²) in [6.07, 6.45) is 6.03. The smallest absolute Gasteiger partial charge is 0.145 e. The molecular formula is C27H46N2O4. The van der Waals surface area contributed by atoms with Crippen molar-refractivity contribution in [1.82, 2.24) is 9.80 Å². The van der Waals surface area contributed by atoms with Gasteiger partial charge in [-0.15, -0.1) is 0 Å². The fourth-order valence-corrected chi connectivity index (χ4v) is 6.51. The van der Waals surface area contributed by atoms with Crippen molar-refractivity contribution in [2.75, 3.05) is 59.1 Å². The van der Waals surface area contributed by atoms with E-state index >= 15 is 0 Å². The van der Waals surface area contributed by atoms with Crippen LogP contribution in [0.4, 0.5) is 0 Å². The molecule has 4 fully saturated rings. The number of Topliss-reactive ketones (excluding diaryl/α,β-unsaturated/α-hetero) is 2. The molecule has 33 heavy (non-hydrogen) atoms. The highest BCUT2D eigenvalue weighted by Gasteiger charge is 2.54. The van der Waals surface area contributed by atoms with Gasteiger partial charge >= 0.3 is 0 Å². The summed E-state index contributed by atoms with van der Waals surface area (Å²) in [6, 6.07) is 0. The molecule has 2 aliphatic heterocycles. The highest BCUT2D eigenvalue weighted by molar-refractivity contribution is 5.92. The van der Waals surface area contributed by atoms with E-state index in [9.17, 15) is 9.59 Å². The first-order chi connectivity index (χ1) is 15.5. The normalized spacial score (nSPS) is 28.2. The van der Waals surface area contributed by atoms with Gasteiger partial charge in [-0.2, -0.15) is 0 Å². The zero-order valence-electron chi connectivity index (χ0n) is 21.7. The topological polar surface area (TPSA) is 59.1 Å². The standard InChI is InChI=1S/C27H46N2O4/c1-24(2,3)22(30)27(9-10-27)20-29-13-16-33-21(18-29)17-25(4,5)23(31)26(7-6-8-26)19-28-11-14-32-15-12-28/h21H,6-20H2,1-5H3. The van der Waals surface area contributed by atoms with Gasteiger partial charge in [-0.05, 0) is 32.1 Å². The summed E-state index contributed by atoms with van der Waals surface area (Å²) in [6.45, 7) is 17.9. The van der Waals surface area contributed by atoms with Crippen LogP contribution in [-0.2, 0) is 19.1 Å². The molecule has 2 aliphatic carbocycles. The molecule has 0 bridgehead atoms. The van der Waals surface area contributed by atoms with Gasteiger partial charge in [-0.1, -0.05) is 41.0 Å². The van der Waals surface area contributed by atoms with E-state index in [2.05, 4.69) is 23.6 Å². The number of carbonyl (C=O) groups is 2. The highest BCUT2D eigenvalue weighted by atomic mass is 16.5. The molecule has 6 heteroatoms. The minimum atomic E-state index is -0.404. The first kappa shape index (κ1) is 25.3. The van der Waals surface area contributed by atoms with E-state index in [1.54, 1.807) is 0 Å². The molecule has 2 saturated carbocycles. The third-order valence-electron chi connectivity index (χ3n) is 8.54. The number of rotatable bonds is 9. The Balaban J connectivity index is 1.35. The van der Waals surface area contributed by atoms with Crippen LogP contribution in [-0.4, -0.2) is 86.6 Å². The largest absolute Gasteiger partial charge is 0.379 e. The van der Waals surface area contributed by atoms with E-state index in [1.165, 1.54) is 0 Å². The van der Waals surface area contributed by atoms with Crippen LogP contribution in [0.3, 0.4) is 0 Å². The fraction of sp³-hybridized carbons (Fsp3) is 0.926. The van der Waals surface area contributed by atoms with Crippen LogP contribution >= 0.6 is 0 Å². The maximum Gasteiger partial charge on any atom is 0.145 e. The van der Waals surface area contributed by atoms with E-state index in [1.807, 2.05) is 20.8 Å². The predicted molar refractivity (Wildman–Crippen MR) is 129 cm³/mol. The Labute approximate surface area is 200 Å². The minimum Gasteiger partial charge on any atom is -0.379 e. The van der Waals surface area contributed by atoms with Crippen LogP contribution in [0.15, 0.2) is 0 Å². The van der Waals surface area contributed by atoms with E-state index < -0.39 is 5.41 Å². The number of ketones is 2. The number of hydrogen-bond acceptors (Lipinski definition) is 6. The molecule has 4 aliphatic rings. The van der Waals surface area contributed by atoms with Crippen LogP contribution in [0, 0.1) is 21.7 Å². The third kappa shape index (κ3) is 5.55. The Hall–Kier alpha value is -0.820. The Kier molecular flexibility index (Phi) is 7.14. The van der Waals surface area contributed by atoms with E-state index in [-0.39, 0.29) is 22.3 Å². The molecule has 2 heterocycles. The van der Waals surface area contributed by atoms with Gasteiger partial charge in [0.05, 0.1) is 25.9 Å². The lowest BCUT2D eigenvalue weighted by molar-refractivity contribution is -0.149. The second-order valence-electron chi connectivity index (χ2n) is 13.0.